The predicted octanol–water partition coefficient (Wildman–Crippen LogP) is 2.97. The molecule has 0 aromatic heterocycles. The fourth-order valence-corrected chi connectivity index (χ4v) is 2.80. The number of sulfone groups is 1. The average molecular weight is 316 g/mol. The molecule has 0 aliphatic rings. The highest BCUT2D eigenvalue weighted by Gasteiger charge is 2.27. The summed E-state index contributed by atoms with van der Waals surface area (Å²) in [6.07, 6.45) is 0. The van der Waals surface area contributed by atoms with Crippen LogP contribution in [-0.2, 0) is 14.6 Å². The maximum Gasteiger partial charge on any atom is 0.230 e. The first-order valence-corrected chi connectivity index (χ1v) is 7.94. The fourth-order valence-electron chi connectivity index (χ4n) is 1.30. The van der Waals surface area contributed by atoms with Gasteiger partial charge in [0.2, 0.25) is 15.7 Å². The number of rotatable bonds is 3. The zero-order valence-electron chi connectivity index (χ0n) is 11.9. The van der Waals surface area contributed by atoms with Crippen molar-refractivity contribution in [2.75, 3.05) is 0 Å². The Kier molecular flexibility index (Phi) is 5.00. The number of nitrogens with one attached hydrogen (secondary N) is 1. The zero-order chi connectivity index (χ0) is 15.6. The van der Waals surface area contributed by atoms with Crippen LogP contribution in [0.4, 0.5) is 0 Å². The average Bonchev–Trinajstić information content (AvgIpc) is 2.34. The molecule has 20 heavy (non-hydrogen) atoms. The number of benzene rings is 1. The summed E-state index contributed by atoms with van der Waals surface area (Å²) in [5, 5.41) is 2.05. The summed E-state index contributed by atoms with van der Waals surface area (Å²) in [7, 11) is -3.83. The Morgan fingerprint density at radius 2 is 1.70 bits per heavy atom. The summed E-state index contributed by atoms with van der Waals surface area (Å²) in [4.78, 5) is 12.0. The van der Waals surface area contributed by atoms with Crippen molar-refractivity contribution in [1.82, 2.24) is 5.32 Å². The van der Waals surface area contributed by atoms with Crippen LogP contribution in [0.5, 0.6) is 0 Å². The van der Waals surface area contributed by atoms with Gasteiger partial charge in [0, 0.05) is 11.0 Å². The minimum atomic E-state index is -3.83. The highest BCUT2D eigenvalue weighted by atomic mass is 35.5. The van der Waals surface area contributed by atoms with E-state index in [-0.39, 0.29) is 9.92 Å². The number of aryl methyl sites for hydroxylation is 1. The van der Waals surface area contributed by atoms with E-state index in [0.29, 0.717) is 0 Å². The molecular formula is C14H18ClNO3S. The monoisotopic (exact) mass is 315 g/mol. The highest BCUT2D eigenvalue weighted by Crippen LogP contribution is 2.21. The molecule has 110 valence electrons. The molecule has 1 N–H and O–H groups in total. The lowest BCUT2D eigenvalue weighted by atomic mass is 9.96. The first-order chi connectivity index (χ1) is 9.09. The topological polar surface area (TPSA) is 63.2 Å². The summed E-state index contributed by atoms with van der Waals surface area (Å²) >= 11 is 5.57. The lowest BCUT2D eigenvalue weighted by Gasteiger charge is -2.19. The SMILES string of the molecule is Cc1ccc(S(=O)(=O)/C(=C/Cl)NC(=O)C(C)(C)C)cc1. The minimum Gasteiger partial charge on any atom is -0.315 e. The maximum atomic E-state index is 12.4. The predicted molar refractivity (Wildman–Crippen MR) is 79.9 cm³/mol. The molecule has 6 heteroatoms. The second-order valence-electron chi connectivity index (χ2n) is 5.49. The van der Waals surface area contributed by atoms with Gasteiger partial charge in [0.25, 0.3) is 0 Å². The third-order valence-electron chi connectivity index (χ3n) is 2.64. The number of carbonyl (C=O) groups excluding carboxylic acids is 1. The van der Waals surface area contributed by atoms with Gasteiger partial charge >= 0.3 is 0 Å². The van der Waals surface area contributed by atoms with Crippen molar-refractivity contribution >= 4 is 27.3 Å². The Labute approximate surface area is 124 Å². The highest BCUT2D eigenvalue weighted by molar-refractivity contribution is 7.95. The van der Waals surface area contributed by atoms with Crippen molar-refractivity contribution in [3.05, 3.63) is 40.4 Å². The third kappa shape index (κ3) is 3.84. The number of amides is 1. The van der Waals surface area contributed by atoms with Crippen LogP contribution in [0.3, 0.4) is 0 Å². The molecule has 0 saturated heterocycles. The van der Waals surface area contributed by atoms with E-state index < -0.39 is 21.2 Å². The summed E-state index contributed by atoms with van der Waals surface area (Å²) in [5.74, 6) is -0.417. The van der Waals surface area contributed by atoms with E-state index in [2.05, 4.69) is 5.32 Å². The summed E-state index contributed by atoms with van der Waals surface area (Å²) in [6, 6.07) is 6.33. The number of hydrogen-bond acceptors (Lipinski definition) is 3. The van der Waals surface area contributed by atoms with Gasteiger partial charge in [-0.1, -0.05) is 50.1 Å². The maximum absolute atomic E-state index is 12.4. The second kappa shape index (κ2) is 5.97. The molecule has 0 unspecified atom stereocenters. The minimum absolute atomic E-state index is 0.0872. The first kappa shape index (κ1) is 16.7. The number of carbonyl (C=O) groups is 1. The molecule has 0 spiro atoms. The second-order valence-corrected chi connectivity index (χ2v) is 7.63. The van der Waals surface area contributed by atoms with E-state index in [4.69, 9.17) is 11.6 Å². The van der Waals surface area contributed by atoms with Crippen molar-refractivity contribution < 1.29 is 13.2 Å². The Bertz CT molecular complexity index is 625. The largest absolute Gasteiger partial charge is 0.315 e. The van der Waals surface area contributed by atoms with Gasteiger partial charge in [-0.25, -0.2) is 8.42 Å². The summed E-state index contributed by atoms with van der Waals surface area (Å²) in [5.41, 5.74) is 1.10. The van der Waals surface area contributed by atoms with Gasteiger partial charge in [0.05, 0.1) is 4.90 Å². The molecule has 1 amide bonds. The zero-order valence-corrected chi connectivity index (χ0v) is 13.5. The molecule has 1 aromatic rings. The van der Waals surface area contributed by atoms with Gasteiger partial charge in [-0.3, -0.25) is 4.79 Å². The van der Waals surface area contributed by atoms with Crippen molar-refractivity contribution in [2.45, 2.75) is 32.6 Å². The molecule has 1 rings (SSSR count). The van der Waals surface area contributed by atoms with Gasteiger partial charge in [-0.15, -0.1) is 0 Å². The van der Waals surface area contributed by atoms with Crippen LogP contribution in [0.25, 0.3) is 0 Å². The van der Waals surface area contributed by atoms with Crippen molar-refractivity contribution in [3.8, 4) is 0 Å². The standard InChI is InChI=1S/C14H18ClNO3S/c1-10-5-7-11(8-6-10)20(18,19)12(9-15)16-13(17)14(2,3)4/h5-9H,1-4H3,(H,16,17)/b12-9+. The van der Waals surface area contributed by atoms with Crippen LogP contribution in [-0.4, -0.2) is 14.3 Å². The van der Waals surface area contributed by atoms with Crippen molar-refractivity contribution in [1.29, 1.82) is 0 Å². The van der Waals surface area contributed by atoms with Crippen molar-refractivity contribution in [3.63, 3.8) is 0 Å². The number of hydrogen-bond donors (Lipinski definition) is 1. The Hall–Kier alpha value is -1.33. The van der Waals surface area contributed by atoms with Gasteiger partial charge in [-0.05, 0) is 19.1 Å². The van der Waals surface area contributed by atoms with Crippen molar-refractivity contribution in [2.24, 2.45) is 5.41 Å². The van der Waals surface area contributed by atoms with Crippen LogP contribution < -0.4 is 5.32 Å². The Balaban J connectivity index is 3.12. The van der Waals surface area contributed by atoms with E-state index in [1.54, 1.807) is 32.9 Å². The van der Waals surface area contributed by atoms with E-state index in [0.717, 1.165) is 11.1 Å². The van der Waals surface area contributed by atoms with Crippen LogP contribution in [0.15, 0.2) is 39.7 Å². The van der Waals surface area contributed by atoms with Crippen LogP contribution >= 0.6 is 11.6 Å². The van der Waals surface area contributed by atoms with E-state index in [1.807, 2.05) is 6.92 Å². The summed E-state index contributed by atoms with van der Waals surface area (Å²) < 4.78 is 24.7. The molecule has 0 radical (unpaired) electrons. The first-order valence-electron chi connectivity index (χ1n) is 6.02. The molecule has 0 fully saturated rings. The molecule has 1 aromatic carbocycles. The lowest BCUT2D eigenvalue weighted by Crippen LogP contribution is -2.36. The van der Waals surface area contributed by atoms with Gasteiger partial charge in [0.1, 0.15) is 0 Å². The third-order valence-corrected chi connectivity index (χ3v) is 4.68. The Morgan fingerprint density at radius 1 is 1.20 bits per heavy atom. The molecule has 0 heterocycles. The summed E-state index contributed by atoms with van der Waals surface area (Å²) in [6.45, 7) is 6.92. The molecule has 0 aliphatic carbocycles. The van der Waals surface area contributed by atoms with Crippen LogP contribution in [0.2, 0.25) is 0 Å². The molecule has 0 atom stereocenters. The molecule has 0 saturated carbocycles. The smallest absolute Gasteiger partial charge is 0.230 e. The fraction of sp³-hybridized carbons (Fsp3) is 0.357. The van der Waals surface area contributed by atoms with Gasteiger partial charge in [0.15, 0.2) is 5.03 Å². The quantitative estimate of drug-likeness (QED) is 0.932. The normalized spacial score (nSPS) is 13.2. The van der Waals surface area contributed by atoms with E-state index in [1.165, 1.54) is 12.1 Å². The lowest BCUT2D eigenvalue weighted by molar-refractivity contribution is -0.127. The Morgan fingerprint density at radius 3 is 2.10 bits per heavy atom. The molecule has 4 nitrogen and oxygen atoms in total. The molecular weight excluding hydrogens is 298 g/mol. The molecule has 0 bridgehead atoms. The van der Waals surface area contributed by atoms with Gasteiger partial charge < -0.3 is 5.32 Å². The van der Waals surface area contributed by atoms with Crippen LogP contribution in [0.1, 0.15) is 26.3 Å². The molecule has 0 aliphatic heterocycles. The number of halogens is 1. The van der Waals surface area contributed by atoms with Crippen LogP contribution in [0, 0.1) is 12.3 Å². The van der Waals surface area contributed by atoms with E-state index >= 15 is 0 Å². The van der Waals surface area contributed by atoms with E-state index in [9.17, 15) is 13.2 Å². The van der Waals surface area contributed by atoms with Gasteiger partial charge in [-0.2, -0.15) is 0 Å².